The van der Waals surface area contributed by atoms with Gasteiger partial charge in [0.05, 0.1) is 0 Å². The molecule has 0 radical (unpaired) electrons. The zero-order valence-corrected chi connectivity index (χ0v) is 30.5. The van der Waals surface area contributed by atoms with Gasteiger partial charge in [-0.1, -0.05) is 0 Å². The van der Waals surface area contributed by atoms with Crippen LogP contribution in [-0.2, 0) is 0 Å². The van der Waals surface area contributed by atoms with Crippen LogP contribution < -0.4 is 0 Å². The van der Waals surface area contributed by atoms with Crippen LogP contribution in [0.15, 0.2) is 36.4 Å². The van der Waals surface area contributed by atoms with Gasteiger partial charge in [0.15, 0.2) is 0 Å². The number of rotatable bonds is 10. The number of allylic oxidation sites excluding steroid dienone is 1. The van der Waals surface area contributed by atoms with Crippen LogP contribution in [0.2, 0.25) is 0 Å². The molecule has 0 N–H and O–H groups in total. The fourth-order valence-corrected chi connectivity index (χ4v) is 44.5. The zero-order valence-electron chi connectivity index (χ0n) is 27.2. The molecule has 0 nitrogen and oxygen atoms in total. The van der Waals surface area contributed by atoms with E-state index in [1.807, 2.05) is 0 Å². The molecule has 0 heterocycles. The van der Waals surface area contributed by atoms with E-state index < -0.39 is 11.9 Å². The van der Waals surface area contributed by atoms with E-state index in [2.05, 4.69) is 42.5 Å². The molecule has 6 aliphatic rings. The second-order valence-electron chi connectivity index (χ2n) is 16.4. The molecule has 0 unspecified atom stereocenters. The van der Waals surface area contributed by atoms with Gasteiger partial charge in [-0.2, -0.15) is 0 Å². The Bertz CT molecular complexity index is 944. The number of halogens is 2. The summed E-state index contributed by atoms with van der Waals surface area (Å²) in [7, 11) is 0. The standard InChI is InChI=1S/C39H62Cl2P2/c40-42(33-18-4-5-19-33,34-20-6-7-21-34,35-22-8-9-23-35)39(31-30-32-16-2-1-3-17-32)43(41,36-24-10-11-25-36,37-26-12-13-27-37)38-28-14-15-29-38/h1-3,16-17,30-31,33-39H,4-15,18-29H2. The second kappa shape index (κ2) is 12.8. The summed E-state index contributed by atoms with van der Waals surface area (Å²) in [5.41, 5.74) is 5.93. The molecule has 0 saturated heterocycles. The van der Waals surface area contributed by atoms with E-state index in [0.29, 0.717) is 5.40 Å². The SMILES string of the molecule is ClP(C1CCCC1)(C1CCCC1)(C1CCCC1)C(C=Cc1ccccc1)P(Cl)(C1CCCC1)(C1CCCC1)C1CCCC1. The van der Waals surface area contributed by atoms with Crippen molar-refractivity contribution in [1.29, 1.82) is 0 Å². The summed E-state index contributed by atoms with van der Waals surface area (Å²) in [6, 6.07) is 11.4. The first-order valence-electron chi connectivity index (χ1n) is 19.2. The van der Waals surface area contributed by atoms with Crippen LogP contribution >= 0.6 is 34.4 Å². The van der Waals surface area contributed by atoms with Crippen LogP contribution in [0.4, 0.5) is 0 Å². The molecule has 1 aromatic rings. The van der Waals surface area contributed by atoms with Crippen molar-refractivity contribution in [3.63, 3.8) is 0 Å². The summed E-state index contributed by atoms with van der Waals surface area (Å²) in [5.74, 6) is -5.85. The molecule has 1 aromatic carbocycles. The first kappa shape index (κ1) is 32.0. The maximum absolute atomic E-state index is 9.59. The van der Waals surface area contributed by atoms with Gasteiger partial charge in [0, 0.05) is 0 Å². The Kier molecular flexibility index (Phi) is 9.50. The third-order valence-corrected chi connectivity index (χ3v) is 40.0. The van der Waals surface area contributed by atoms with Crippen LogP contribution in [0.5, 0.6) is 0 Å². The summed E-state index contributed by atoms with van der Waals surface area (Å²) < 4.78 is 0. The molecular weight excluding hydrogens is 601 g/mol. The Morgan fingerprint density at radius 1 is 0.442 bits per heavy atom. The average molecular weight is 664 g/mol. The Morgan fingerprint density at radius 3 is 0.953 bits per heavy atom. The molecule has 6 fully saturated rings. The van der Waals surface area contributed by atoms with Crippen molar-refractivity contribution in [1.82, 2.24) is 0 Å². The summed E-state index contributed by atoms with van der Waals surface area (Å²) in [6.07, 6.45) is 39.4. The molecule has 0 aromatic heterocycles. The van der Waals surface area contributed by atoms with E-state index in [1.165, 1.54) is 160 Å². The summed E-state index contributed by atoms with van der Waals surface area (Å²) >= 11 is 19.2. The molecule has 0 atom stereocenters. The summed E-state index contributed by atoms with van der Waals surface area (Å²) in [5, 5.41) is 0.490. The Balaban J connectivity index is 1.57. The first-order valence-corrected chi connectivity index (χ1v) is 26.0. The minimum atomic E-state index is -2.92. The van der Waals surface area contributed by atoms with Gasteiger partial charge >= 0.3 is 276 Å². The molecule has 4 heteroatoms. The van der Waals surface area contributed by atoms with Crippen molar-refractivity contribution >= 4 is 40.5 Å². The van der Waals surface area contributed by atoms with Gasteiger partial charge in [0.1, 0.15) is 0 Å². The molecule has 0 bridgehead atoms. The molecule has 6 saturated carbocycles. The second-order valence-corrected chi connectivity index (χ2v) is 32.1. The predicted molar refractivity (Wildman–Crippen MR) is 198 cm³/mol. The normalized spacial score (nSPS) is 29.1. The predicted octanol–water partition coefficient (Wildman–Crippen LogP) is 14.1. The Labute approximate surface area is 274 Å². The topological polar surface area (TPSA) is 0 Å². The van der Waals surface area contributed by atoms with E-state index in [1.54, 1.807) is 0 Å². The fraction of sp³-hybridized carbons (Fsp3) is 0.795. The van der Waals surface area contributed by atoms with Crippen molar-refractivity contribution in [2.24, 2.45) is 0 Å². The Morgan fingerprint density at radius 2 is 0.698 bits per heavy atom. The molecular formula is C39H62Cl2P2. The molecule has 242 valence electrons. The van der Waals surface area contributed by atoms with Gasteiger partial charge in [-0.25, -0.2) is 0 Å². The van der Waals surface area contributed by atoms with E-state index in [4.69, 9.17) is 0 Å². The van der Waals surface area contributed by atoms with Crippen LogP contribution in [0.1, 0.15) is 160 Å². The minimum absolute atomic E-state index is 0.490. The van der Waals surface area contributed by atoms with Gasteiger partial charge in [0.25, 0.3) is 0 Å². The molecule has 0 spiro atoms. The fourth-order valence-electron chi connectivity index (χ4n) is 13.4. The van der Waals surface area contributed by atoms with E-state index in [9.17, 15) is 22.5 Å². The van der Waals surface area contributed by atoms with Crippen LogP contribution in [0, 0.1) is 0 Å². The molecule has 6 aliphatic carbocycles. The third kappa shape index (κ3) is 4.85. The number of hydrogen-bond donors (Lipinski definition) is 0. The van der Waals surface area contributed by atoms with Gasteiger partial charge in [-0.3, -0.25) is 0 Å². The van der Waals surface area contributed by atoms with E-state index in [-0.39, 0.29) is 0 Å². The van der Waals surface area contributed by atoms with Gasteiger partial charge in [-0.15, -0.1) is 0 Å². The summed E-state index contributed by atoms with van der Waals surface area (Å²) in [6.45, 7) is 0. The zero-order chi connectivity index (χ0) is 29.4. The molecule has 0 aliphatic heterocycles. The first-order chi connectivity index (χ1) is 21.0. The third-order valence-electron chi connectivity index (χ3n) is 14.9. The van der Waals surface area contributed by atoms with E-state index in [0.717, 1.165) is 34.0 Å². The molecule has 0 amide bonds. The molecule has 7 rings (SSSR count). The quantitative estimate of drug-likeness (QED) is 0.219. The maximum atomic E-state index is 9.59. The van der Waals surface area contributed by atoms with Crippen molar-refractivity contribution in [2.75, 3.05) is 0 Å². The van der Waals surface area contributed by atoms with Crippen molar-refractivity contribution in [3.05, 3.63) is 42.0 Å². The molecule has 43 heavy (non-hydrogen) atoms. The van der Waals surface area contributed by atoms with Crippen molar-refractivity contribution in [3.8, 4) is 0 Å². The van der Waals surface area contributed by atoms with Crippen LogP contribution in [0.3, 0.4) is 0 Å². The van der Waals surface area contributed by atoms with Gasteiger partial charge in [-0.05, 0) is 0 Å². The van der Waals surface area contributed by atoms with Crippen molar-refractivity contribution < 1.29 is 0 Å². The van der Waals surface area contributed by atoms with Gasteiger partial charge < -0.3 is 0 Å². The monoisotopic (exact) mass is 662 g/mol. The van der Waals surface area contributed by atoms with Gasteiger partial charge in [0.2, 0.25) is 0 Å². The average Bonchev–Trinajstić information content (AvgIpc) is 3.91. The van der Waals surface area contributed by atoms with E-state index >= 15 is 0 Å². The van der Waals surface area contributed by atoms with Crippen molar-refractivity contribution in [2.45, 2.75) is 193 Å². The summed E-state index contributed by atoms with van der Waals surface area (Å²) in [4.78, 5) is 0. The van der Waals surface area contributed by atoms with Crippen LogP contribution in [-0.4, -0.2) is 39.4 Å². The Hall–Kier alpha value is 0.400. The number of benzene rings is 1. The van der Waals surface area contributed by atoms with Crippen LogP contribution in [0.25, 0.3) is 6.08 Å². The number of hydrogen-bond acceptors (Lipinski definition) is 0.